The third-order valence-corrected chi connectivity index (χ3v) is 4.16. The third kappa shape index (κ3) is 2.60. The summed E-state index contributed by atoms with van der Waals surface area (Å²) in [6, 6.07) is 1.90. The van der Waals surface area contributed by atoms with Gasteiger partial charge in [-0.25, -0.2) is 4.98 Å². The first-order chi connectivity index (χ1) is 9.78. The highest BCUT2D eigenvalue weighted by molar-refractivity contribution is 5.32. The van der Waals surface area contributed by atoms with Gasteiger partial charge in [0.25, 0.3) is 5.78 Å². The summed E-state index contributed by atoms with van der Waals surface area (Å²) in [6.45, 7) is 3.38. The van der Waals surface area contributed by atoms with Crippen molar-refractivity contribution in [3.05, 3.63) is 18.1 Å². The van der Waals surface area contributed by atoms with E-state index in [1.807, 2.05) is 13.0 Å². The molecule has 3 rings (SSSR count). The quantitative estimate of drug-likeness (QED) is 0.916. The van der Waals surface area contributed by atoms with Crippen LogP contribution in [0.5, 0.6) is 5.88 Å². The monoisotopic (exact) mass is 275 g/mol. The van der Waals surface area contributed by atoms with Crippen LogP contribution >= 0.6 is 0 Å². The van der Waals surface area contributed by atoms with Crippen molar-refractivity contribution in [3.63, 3.8) is 0 Å². The molecule has 2 aromatic heterocycles. The fourth-order valence-electron chi connectivity index (χ4n) is 3.01. The largest absolute Gasteiger partial charge is 0.477 e. The van der Waals surface area contributed by atoms with Crippen LogP contribution in [0.1, 0.15) is 31.4 Å². The van der Waals surface area contributed by atoms with Crippen LogP contribution in [-0.2, 0) is 0 Å². The van der Waals surface area contributed by atoms with Crippen LogP contribution in [0.4, 0.5) is 0 Å². The second-order valence-corrected chi connectivity index (χ2v) is 5.56. The maximum atomic E-state index is 5.99. The Hall–Kier alpha value is -1.69. The number of fused-ring (bicyclic) bond motifs is 1. The van der Waals surface area contributed by atoms with Crippen molar-refractivity contribution >= 4 is 5.78 Å². The molecule has 1 saturated carbocycles. The molecule has 1 fully saturated rings. The van der Waals surface area contributed by atoms with Gasteiger partial charge in [0.1, 0.15) is 6.33 Å². The van der Waals surface area contributed by atoms with Crippen LogP contribution in [0, 0.1) is 18.8 Å². The summed E-state index contributed by atoms with van der Waals surface area (Å²) >= 11 is 0. The lowest BCUT2D eigenvalue weighted by molar-refractivity contribution is 0.147. The summed E-state index contributed by atoms with van der Waals surface area (Å²) < 4.78 is 7.64. The Morgan fingerprint density at radius 3 is 2.95 bits per heavy atom. The van der Waals surface area contributed by atoms with Crippen molar-refractivity contribution in [1.29, 1.82) is 0 Å². The first-order valence-electron chi connectivity index (χ1n) is 7.28. The van der Waals surface area contributed by atoms with Crippen LogP contribution < -0.4 is 10.5 Å². The van der Waals surface area contributed by atoms with Gasteiger partial charge in [0.15, 0.2) is 0 Å². The molecular formula is C14H21N5O. The van der Waals surface area contributed by atoms with E-state index < -0.39 is 0 Å². The van der Waals surface area contributed by atoms with Gasteiger partial charge in [-0.15, -0.1) is 0 Å². The van der Waals surface area contributed by atoms with Crippen LogP contribution in [0.2, 0.25) is 0 Å². The summed E-state index contributed by atoms with van der Waals surface area (Å²) in [7, 11) is 0. The molecule has 0 aromatic carbocycles. The van der Waals surface area contributed by atoms with Gasteiger partial charge in [-0.2, -0.15) is 14.6 Å². The van der Waals surface area contributed by atoms with Gasteiger partial charge in [0.2, 0.25) is 5.88 Å². The number of hydrogen-bond donors (Lipinski definition) is 1. The molecule has 1 aliphatic carbocycles. The Balaban J connectivity index is 1.74. The fourth-order valence-corrected chi connectivity index (χ4v) is 3.01. The molecule has 2 heterocycles. The predicted molar refractivity (Wildman–Crippen MR) is 75.5 cm³/mol. The zero-order chi connectivity index (χ0) is 13.9. The second-order valence-electron chi connectivity index (χ2n) is 5.56. The van der Waals surface area contributed by atoms with Crippen molar-refractivity contribution in [1.82, 2.24) is 19.6 Å². The van der Waals surface area contributed by atoms with Gasteiger partial charge in [-0.1, -0.05) is 12.8 Å². The van der Waals surface area contributed by atoms with Gasteiger partial charge >= 0.3 is 0 Å². The van der Waals surface area contributed by atoms with E-state index >= 15 is 0 Å². The van der Waals surface area contributed by atoms with Gasteiger partial charge in [-0.3, -0.25) is 0 Å². The highest BCUT2D eigenvalue weighted by Crippen LogP contribution is 2.29. The molecule has 1 aliphatic rings. The zero-order valence-electron chi connectivity index (χ0n) is 11.8. The second kappa shape index (κ2) is 5.75. The number of aryl methyl sites for hydroxylation is 1. The maximum absolute atomic E-state index is 5.99. The maximum Gasteiger partial charge on any atom is 0.255 e. The van der Waals surface area contributed by atoms with Crippen molar-refractivity contribution in [2.24, 2.45) is 17.6 Å². The Bertz CT molecular complexity index is 582. The first-order valence-corrected chi connectivity index (χ1v) is 7.28. The van der Waals surface area contributed by atoms with Gasteiger partial charge in [0, 0.05) is 11.8 Å². The average molecular weight is 275 g/mol. The lowest BCUT2D eigenvalue weighted by Crippen LogP contribution is -2.31. The van der Waals surface area contributed by atoms with Gasteiger partial charge in [-0.05, 0) is 38.1 Å². The van der Waals surface area contributed by atoms with Crippen LogP contribution in [0.25, 0.3) is 5.78 Å². The Morgan fingerprint density at radius 1 is 1.35 bits per heavy atom. The summed E-state index contributed by atoms with van der Waals surface area (Å²) in [6.07, 6.45) is 6.49. The number of nitrogens with two attached hydrogens (primary N) is 1. The van der Waals surface area contributed by atoms with E-state index in [9.17, 15) is 0 Å². The number of nitrogens with zero attached hydrogens (tertiary/aromatic N) is 4. The minimum absolute atomic E-state index is 0.542. The van der Waals surface area contributed by atoms with Crippen molar-refractivity contribution in [2.45, 2.75) is 32.6 Å². The molecular weight excluding hydrogens is 254 g/mol. The smallest absolute Gasteiger partial charge is 0.255 e. The molecule has 0 aliphatic heterocycles. The van der Waals surface area contributed by atoms with Crippen molar-refractivity contribution < 1.29 is 4.74 Å². The first kappa shape index (κ1) is 13.3. The van der Waals surface area contributed by atoms with E-state index in [-0.39, 0.29) is 0 Å². The Kier molecular flexibility index (Phi) is 3.82. The molecule has 0 radical (unpaired) electrons. The Labute approximate surface area is 118 Å². The third-order valence-electron chi connectivity index (χ3n) is 4.16. The highest BCUT2D eigenvalue weighted by atomic mass is 16.5. The molecule has 2 N–H and O–H groups in total. The van der Waals surface area contributed by atoms with Gasteiger partial charge in [0.05, 0.1) is 6.61 Å². The lowest BCUT2D eigenvalue weighted by atomic mass is 9.80. The summed E-state index contributed by atoms with van der Waals surface area (Å²) in [4.78, 5) is 8.42. The minimum atomic E-state index is 0.542. The topological polar surface area (TPSA) is 78.3 Å². The van der Waals surface area contributed by atoms with Crippen molar-refractivity contribution in [3.8, 4) is 5.88 Å². The number of aromatic nitrogens is 4. The lowest BCUT2D eigenvalue weighted by Gasteiger charge is -2.30. The van der Waals surface area contributed by atoms with E-state index in [2.05, 4.69) is 15.1 Å². The molecule has 2 aromatic rings. The SMILES string of the molecule is Cc1cc(OCC2CCCCC2CN)n2ncnc2n1. The number of ether oxygens (including phenoxy) is 1. The van der Waals surface area contributed by atoms with Crippen LogP contribution in [-0.4, -0.2) is 32.7 Å². The molecule has 0 spiro atoms. The van der Waals surface area contributed by atoms with Crippen LogP contribution in [0.3, 0.4) is 0 Å². The van der Waals surface area contributed by atoms with E-state index in [1.165, 1.54) is 32.0 Å². The molecule has 0 bridgehead atoms. The number of hydrogen-bond acceptors (Lipinski definition) is 5. The van der Waals surface area contributed by atoms with Gasteiger partial charge < -0.3 is 10.5 Å². The number of rotatable bonds is 4. The fraction of sp³-hybridized carbons (Fsp3) is 0.643. The van der Waals surface area contributed by atoms with E-state index in [0.29, 0.717) is 30.1 Å². The van der Waals surface area contributed by atoms with E-state index in [0.717, 1.165) is 12.2 Å². The summed E-state index contributed by atoms with van der Waals surface area (Å²) in [5, 5.41) is 4.16. The highest BCUT2D eigenvalue weighted by Gasteiger charge is 2.24. The molecule has 6 heteroatoms. The molecule has 6 nitrogen and oxygen atoms in total. The molecule has 0 amide bonds. The minimum Gasteiger partial charge on any atom is -0.477 e. The molecule has 20 heavy (non-hydrogen) atoms. The standard InChI is InChI=1S/C14H21N5O/c1-10-6-13(19-14(18-10)16-9-17-19)20-8-12-5-3-2-4-11(12)7-15/h6,9,11-12H,2-5,7-8,15H2,1H3. The molecule has 2 atom stereocenters. The predicted octanol–water partition coefficient (Wildman–Crippen LogP) is 1.58. The molecule has 0 saturated heterocycles. The zero-order valence-corrected chi connectivity index (χ0v) is 11.8. The van der Waals surface area contributed by atoms with E-state index in [1.54, 1.807) is 4.52 Å². The van der Waals surface area contributed by atoms with E-state index in [4.69, 9.17) is 10.5 Å². The summed E-state index contributed by atoms with van der Waals surface area (Å²) in [5.74, 6) is 2.42. The van der Waals surface area contributed by atoms with Crippen LogP contribution in [0.15, 0.2) is 12.4 Å². The Morgan fingerprint density at radius 2 is 2.15 bits per heavy atom. The molecule has 2 unspecified atom stereocenters. The van der Waals surface area contributed by atoms with Crippen molar-refractivity contribution in [2.75, 3.05) is 13.2 Å². The normalized spacial score (nSPS) is 23.1. The molecule has 108 valence electrons. The average Bonchev–Trinajstić information content (AvgIpc) is 2.93. The summed E-state index contributed by atoms with van der Waals surface area (Å²) in [5.41, 5.74) is 6.76.